The predicted molar refractivity (Wildman–Crippen MR) is 102 cm³/mol. The minimum absolute atomic E-state index is 0.0209. The average molecular weight is 386 g/mol. The molecule has 0 amide bonds. The minimum Gasteiger partial charge on any atom is -0.294 e. The Hall–Kier alpha value is -2.89. The summed E-state index contributed by atoms with van der Waals surface area (Å²) in [6, 6.07) is 12.2. The summed E-state index contributed by atoms with van der Waals surface area (Å²) in [5.74, 6) is -0.479. The quantitative estimate of drug-likeness (QED) is 0.336. The van der Waals surface area contributed by atoms with Crippen LogP contribution in [0.2, 0.25) is 0 Å². The number of nitrogens with zero attached hydrogens (tertiary/aromatic N) is 2. The summed E-state index contributed by atoms with van der Waals surface area (Å²) < 4.78 is 56.8. The number of alkyl halides is 3. The van der Waals surface area contributed by atoms with Gasteiger partial charge in [-0.2, -0.15) is 13.2 Å². The van der Waals surface area contributed by atoms with Crippen molar-refractivity contribution in [3.63, 3.8) is 0 Å². The number of para-hydroxylation sites is 1. The SMILES string of the molecule is CC(C)(C)c1ccnc(-n2c3ccccc3c3c(C(F)(F)F)cc(F)cc32)c1. The lowest BCUT2D eigenvalue weighted by atomic mass is 9.88. The molecule has 0 aliphatic heterocycles. The van der Waals surface area contributed by atoms with Gasteiger partial charge in [0.1, 0.15) is 11.6 Å². The second-order valence-electron chi connectivity index (χ2n) is 7.85. The van der Waals surface area contributed by atoms with Gasteiger partial charge in [-0.3, -0.25) is 4.57 Å². The van der Waals surface area contributed by atoms with E-state index in [0.29, 0.717) is 22.8 Å². The molecule has 4 aromatic rings. The summed E-state index contributed by atoms with van der Waals surface area (Å²) in [6.45, 7) is 6.12. The highest BCUT2D eigenvalue weighted by Gasteiger charge is 2.35. The first kappa shape index (κ1) is 18.5. The van der Waals surface area contributed by atoms with Crippen LogP contribution in [0.3, 0.4) is 0 Å². The Balaban J connectivity index is 2.17. The van der Waals surface area contributed by atoms with Gasteiger partial charge in [0.15, 0.2) is 0 Å². The van der Waals surface area contributed by atoms with Gasteiger partial charge < -0.3 is 0 Å². The lowest BCUT2D eigenvalue weighted by molar-refractivity contribution is -0.136. The highest BCUT2D eigenvalue weighted by Crippen LogP contribution is 2.41. The summed E-state index contributed by atoms with van der Waals surface area (Å²) in [4.78, 5) is 4.38. The van der Waals surface area contributed by atoms with E-state index < -0.39 is 17.6 Å². The third-order valence-corrected chi connectivity index (χ3v) is 4.88. The summed E-state index contributed by atoms with van der Waals surface area (Å²) >= 11 is 0. The molecule has 0 unspecified atom stereocenters. The molecule has 0 radical (unpaired) electrons. The van der Waals surface area contributed by atoms with Crippen molar-refractivity contribution < 1.29 is 17.6 Å². The van der Waals surface area contributed by atoms with Gasteiger partial charge in [-0.15, -0.1) is 0 Å². The van der Waals surface area contributed by atoms with E-state index in [2.05, 4.69) is 4.98 Å². The first-order valence-corrected chi connectivity index (χ1v) is 8.84. The number of hydrogen-bond donors (Lipinski definition) is 0. The molecule has 2 aromatic heterocycles. The molecule has 0 bridgehead atoms. The summed E-state index contributed by atoms with van der Waals surface area (Å²) in [7, 11) is 0. The molecule has 0 saturated carbocycles. The predicted octanol–water partition coefficient (Wildman–Crippen LogP) is 6.63. The summed E-state index contributed by atoms with van der Waals surface area (Å²) in [6.07, 6.45) is -3.05. The Labute approximate surface area is 159 Å². The Kier molecular flexibility index (Phi) is 4.00. The van der Waals surface area contributed by atoms with Crippen LogP contribution in [0.25, 0.3) is 27.6 Å². The molecule has 2 heterocycles. The normalized spacial score (nSPS) is 12.8. The first-order chi connectivity index (χ1) is 13.1. The monoisotopic (exact) mass is 386 g/mol. The maximum absolute atomic E-state index is 14.2. The first-order valence-electron chi connectivity index (χ1n) is 8.84. The molecule has 0 N–H and O–H groups in total. The van der Waals surface area contributed by atoms with E-state index in [1.54, 1.807) is 35.0 Å². The Bertz CT molecular complexity index is 1200. The molecule has 144 valence electrons. The molecule has 2 aromatic carbocycles. The van der Waals surface area contributed by atoms with Crippen LogP contribution in [0.5, 0.6) is 0 Å². The molecule has 0 atom stereocenters. The lowest BCUT2D eigenvalue weighted by Gasteiger charge is -2.20. The molecule has 0 fully saturated rings. The number of pyridine rings is 1. The van der Waals surface area contributed by atoms with E-state index in [0.717, 1.165) is 11.6 Å². The second-order valence-corrected chi connectivity index (χ2v) is 7.85. The zero-order chi connectivity index (χ0) is 20.3. The maximum Gasteiger partial charge on any atom is 0.417 e. The number of hydrogen-bond acceptors (Lipinski definition) is 1. The number of rotatable bonds is 1. The van der Waals surface area contributed by atoms with Crippen molar-refractivity contribution in [2.75, 3.05) is 0 Å². The van der Waals surface area contributed by atoms with E-state index in [4.69, 9.17) is 0 Å². The van der Waals surface area contributed by atoms with Gasteiger partial charge >= 0.3 is 6.18 Å². The molecule has 0 aliphatic carbocycles. The Morgan fingerprint density at radius 2 is 1.61 bits per heavy atom. The van der Waals surface area contributed by atoms with Crippen LogP contribution in [0.4, 0.5) is 17.6 Å². The number of halogens is 4. The van der Waals surface area contributed by atoms with Crippen molar-refractivity contribution in [2.24, 2.45) is 0 Å². The highest BCUT2D eigenvalue weighted by molar-refractivity contribution is 6.11. The summed E-state index contributed by atoms with van der Waals surface area (Å²) in [5.41, 5.74) is 0.526. The van der Waals surface area contributed by atoms with E-state index in [1.807, 2.05) is 32.9 Å². The van der Waals surface area contributed by atoms with E-state index in [9.17, 15) is 17.6 Å². The van der Waals surface area contributed by atoms with Crippen LogP contribution >= 0.6 is 0 Å². The van der Waals surface area contributed by atoms with Crippen LogP contribution in [-0.2, 0) is 11.6 Å². The summed E-state index contributed by atoms with van der Waals surface area (Å²) in [5, 5.41) is 0.389. The minimum atomic E-state index is -4.67. The van der Waals surface area contributed by atoms with Gasteiger partial charge in [0.25, 0.3) is 0 Å². The van der Waals surface area contributed by atoms with Gasteiger partial charge in [-0.1, -0.05) is 39.0 Å². The fourth-order valence-electron chi connectivity index (χ4n) is 3.54. The second kappa shape index (κ2) is 6.06. The standard InChI is InChI=1S/C22H18F4N2/c1-21(2,3)13-8-9-27-19(10-13)28-17-7-5-4-6-15(17)20-16(22(24,25)26)11-14(23)12-18(20)28/h4-12H,1-3H3. The Morgan fingerprint density at radius 1 is 0.893 bits per heavy atom. The van der Waals surface area contributed by atoms with Crippen LogP contribution < -0.4 is 0 Å². The van der Waals surface area contributed by atoms with Crippen molar-refractivity contribution in [3.8, 4) is 5.82 Å². The van der Waals surface area contributed by atoms with Crippen LogP contribution in [0, 0.1) is 5.82 Å². The van der Waals surface area contributed by atoms with Crippen molar-refractivity contribution >= 4 is 21.8 Å². The molecule has 2 nitrogen and oxygen atoms in total. The van der Waals surface area contributed by atoms with E-state index >= 15 is 0 Å². The fourth-order valence-corrected chi connectivity index (χ4v) is 3.54. The van der Waals surface area contributed by atoms with Gasteiger partial charge in [0.05, 0.1) is 16.6 Å². The topological polar surface area (TPSA) is 17.8 Å². The number of fused-ring (bicyclic) bond motifs is 3. The molecule has 28 heavy (non-hydrogen) atoms. The fraction of sp³-hybridized carbons (Fsp3) is 0.227. The van der Waals surface area contributed by atoms with E-state index in [1.165, 1.54) is 0 Å². The van der Waals surface area contributed by atoms with E-state index in [-0.39, 0.29) is 16.3 Å². The van der Waals surface area contributed by atoms with Crippen LogP contribution in [-0.4, -0.2) is 9.55 Å². The zero-order valence-corrected chi connectivity index (χ0v) is 15.6. The van der Waals surface area contributed by atoms with Crippen LogP contribution in [0.1, 0.15) is 31.9 Å². The Morgan fingerprint density at radius 3 is 2.29 bits per heavy atom. The highest BCUT2D eigenvalue weighted by atomic mass is 19.4. The van der Waals surface area contributed by atoms with Crippen molar-refractivity contribution in [2.45, 2.75) is 32.4 Å². The molecule has 0 saturated heterocycles. The van der Waals surface area contributed by atoms with Gasteiger partial charge in [0.2, 0.25) is 0 Å². The third kappa shape index (κ3) is 2.93. The smallest absolute Gasteiger partial charge is 0.294 e. The average Bonchev–Trinajstić information content (AvgIpc) is 2.93. The van der Waals surface area contributed by atoms with Gasteiger partial charge in [-0.25, -0.2) is 9.37 Å². The lowest BCUT2D eigenvalue weighted by Crippen LogP contribution is -2.12. The molecule has 0 aliphatic rings. The molecular formula is C22H18F4N2. The van der Waals surface area contributed by atoms with Gasteiger partial charge in [-0.05, 0) is 41.3 Å². The zero-order valence-electron chi connectivity index (χ0n) is 15.6. The third-order valence-electron chi connectivity index (χ3n) is 4.88. The molecule has 4 rings (SSSR count). The number of benzene rings is 2. The molecule has 6 heteroatoms. The van der Waals surface area contributed by atoms with Crippen molar-refractivity contribution in [1.29, 1.82) is 0 Å². The maximum atomic E-state index is 14.2. The number of aromatic nitrogens is 2. The van der Waals surface area contributed by atoms with Crippen molar-refractivity contribution in [3.05, 3.63) is 71.7 Å². The van der Waals surface area contributed by atoms with Crippen molar-refractivity contribution in [1.82, 2.24) is 9.55 Å². The van der Waals surface area contributed by atoms with Crippen LogP contribution in [0.15, 0.2) is 54.7 Å². The molecular weight excluding hydrogens is 368 g/mol. The largest absolute Gasteiger partial charge is 0.417 e. The van der Waals surface area contributed by atoms with Gasteiger partial charge in [0, 0.05) is 17.0 Å². The molecule has 0 spiro atoms.